The lowest BCUT2D eigenvalue weighted by Crippen LogP contribution is -2.48. The smallest absolute Gasteiger partial charge is 0.193 e. The summed E-state index contributed by atoms with van der Waals surface area (Å²) in [6, 6.07) is 9.51. The molecule has 2 fully saturated rings. The molecule has 2 aromatic rings. The maximum absolute atomic E-state index is 4.57. The highest BCUT2D eigenvalue weighted by molar-refractivity contribution is 14.0. The van der Waals surface area contributed by atoms with Crippen molar-refractivity contribution in [1.29, 1.82) is 0 Å². The molecule has 0 spiro atoms. The SMILES string of the molecule is CN=C(NCc1ccc(CN2CCCN(C)CC2)cc1)N1CCC(C)C(n2ccnc2)C1.I. The molecule has 2 aliphatic heterocycles. The van der Waals surface area contributed by atoms with Crippen molar-refractivity contribution in [1.82, 2.24) is 29.6 Å². The first-order valence-electron chi connectivity index (χ1n) is 12.0. The number of piperidine rings is 1. The number of rotatable bonds is 5. The van der Waals surface area contributed by atoms with Crippen LogP contribution >= 0.6 is 24.0 Å². The van der Waals surface area contributed by atoms with E-state index in [9.17, 15) is 0 Å². The Hall–Kier alpha value is -1.65. The van der Waals surface area contributed by atoms with Gasteiger partial charge in [0.1, 0.15) is 0 Å². The third-order valence-corrected chi connectivity index (χ3v) is 7.03. The zero-order chi connectivity index (χ0) is 22.3. The van der Waals surface area contributed by atoms with Crippen LogP contribution in [-0.4, -0.2) is 83.6 Å². The standard InChI is InChI=1S/C25H39N7.HI/c1-21-9-13-31(19-24(21)32-14-10-27-20-32)25(26-2)28-17-22-5-7-23(8-6-22)18-30-12-4-11-29(3)15-16-30;/h5-8,10,14,20-21,24H,4,9,11-13,15-19H2,1-3H3,(H,26,28);1H. The molecule has 0 radical (unpaired) electrons. The van der Waals surface area contributed by atoms with E-state index in [0.29, 0.717) is 12.0 Å². The van der Waals surface area contributed by atoms with Crippen LogP contribution in [0.2, 0.25) is 0 Å². The quantitative estimate of drug-likeness (QED) is 0.343. The first kappa shape index (κ1) is 26.0. The largest absolute Gasteiger partial charge is 0.352 e. The van der Waals surface area contributed by atoms with Crippen LogP contribution in [0, 0.1) is 5.92 Å². The maximum Gasteiger partial charge on any atom is 0.193 e. The highest BCUT2D eigenvalue weighted by Crippen LogP contribution is 2.27. The highest BCUT2D eigenvalue weighted by atomic mass is 127. The molecule has 0 bridgehead atoms. The Bertz CT molecular complexity index is 852. The monoisotopic (exact) mass is 565 g/mol. The van der Waals surface area contributed by atoms with Gasteiger partial charge in [0.15, 0.2) is 5.96 Å². The normalized spacial score (nSPS) is 23.1. The van der Waals surface area contributed by atoms with Gasteiger partial charge in [0.25, 0.3) is 0 Å². The molecule has 182 valence electrons. The molecule has 2 saturated heterocycles. The Labute approximate surface area is 216 Å². The molecule has 1 aromatic carbocycles. The number of likely N-dealkylation sites (tertiary alicyclic amines) is 1. The lowest BCUT2D eigenvalue weighted by Gasteiger charge is -2.39. The van der Waals surface area contributed by atoms with Crippen molar-refractivity contribution in [3.05, 3.63) is 54.1 Å². The minimum Gasteiger partial charge on any atom is -0.352 e. The Kier molecular flexibility index (Phi) is 10.0. The van der Waals surface area contributed by atoms with Crippen LogP contribution in [0.1, 0.15) is 36.9 Å². The van der Waals surface area contributed by atoms with Crippen molar-refractivity contribution in [2.24, 2.45) is 10.9 Å². The summed E-state index contributed by atoms with van der Waals surface area (Å²) in [5.74, 6) is 1.62. The molecule has 33 heavy (non-hydrogen) atoms. The molecular weight excluding hydrogens is 525 g/mol. The zero-order valence-electron chi connectivity index (χ0n) is 20.4. The second-order valence-corrected chi connectivity index (χ2v) is 9.44. The van der Waals surface area contributed by atoms with Gasteiger partial charge in [-0.25, -0.2) is 4.98 Å². The number of hydrogen-bond acceptors (Lipinski definition) is 4. The lowest BCUT2D eigenvalue weighted by molar-refractivity contribution is 0.189. The number of aliphatic imine (C=N–C) groups is 1. The van der Waals surface area contributed by atoms with Crippen LogP contribution in [0.25, 0.3) is 0 Å². The molecule has 0 amide bonds. The summed E-state index contributed by atoms with van der Waals surface area (Å²) in [7, 11) is 4.11. The Morgan fingerprint density at radius 3 is 2.61 bits per heavy atom. The van der Waals surface area contributed by atoms with Gasteiger partial charge in [-0.15, -0.1) is 24.0 Å². The van der Waals surface area contributed by atoms with E-state index in [1.54, 1.807) is 0 Å². The van der Waals surface area contributed by atoms with Gasteiger partial charge in [0.2, 0.25) is 0 Å². The minimum atomic E-state index is 0. The molecule has 2 unspecified atom stereocenters. The highest BCUT2D eigenvalue weighted by Gasteiger charge is 2.28. The number of guanidine groups is 1. The molecule has 2 aliphatic rings. The van der Waals surface area contributed by atoms with E-state index in [1.165, 1.54) is 30.6 Å². The van der Waals surface area contributed by atoms with Gasteiger partial charge in [-0.3, -0.25) is 9.89 Å². The Balaban J connectivity index is 0.00000306. The number of aromatic nitrogens is 2. The average Bonchev–Trinajstić information content (AvgIpc) is 3.26. The van der Waals surface area contributed by atoms with Gasteiger partial charge in [-0.05, 0) is 50.0 Å². The number of nitrogens with one attached hydrogen (secondary N) is 1. The molecule has 7 nitrogen and oxygen atoms in total. The summed E-state index contributed by atoms with van der Waals surface area (Å²) >= 11 is 0. The van der Waals surface area contributed by atoms with Gasteiger partial charge in [-0.1, -0.05) is 31.2 Å². The number of halogens is 1. The van der Waals surface area contributed by atoms with Crippen LogP contribution in [0.3, 0.4) is 0 Å². The van der Waals surface area contributed by atoms with Crippen LogP contribution in [0.15, 0.2) is 48.0 Å². The summed E-state index contributed by atoms with van der Waals surface area (Å²) in [6.07, 6.45) is 8.30. The van der Waals surface area contributed by atoms with E-state index in [4.69, 9.17) is 0 Å². The van der Waals surface area contributed by atoms with Gasteiger partial charge < -0.3 is 19.7 Å². The first-order valence-corrected chi connectivity index (χ1v) is 12.0. The third kappa shape index (κ3) is 7.16. The number of benzene rings is 1. The fourth-order valence-corrected chi connectivity index (χ4v) is 4.89. The zero-order valence-corrected chi connectivity index (χ0v) is 22.7. The van der Waals surface area contributed by atoms with Crippen LogP contribution in [0.4, 0.5) is 0 Å². The van der Waals surface area contributed by atoms with Crippen molar-refractivity contribution in [3.63, 3.8) is 0 Å². The summed E-state index contributed by atoms with van der Waals surface area (Å²) in [6.45, 7) is 10.9. The number of likely N-dealkylation sites (N-methyl/N-ethyl adjacent to an activating group) is 1. The predicted molar refractivity (Wildman–Crippen MR) is 146 cm³/mol. The summed E-state index contributed by atoms with van der Waals surface area (Å²) in [5, 5.41) is 3.59. The molecule has 4 rings (SSSR count). The number of hydrogen-bond donors (Lipinski definition) is 1. The summed E-state index contributed by atoms with van der Waals surface area (Å²) < 4.78 is 2.24. The molecule has 0 aliphatic carbocycles. The van der Waals surface area contributed by atoms with Crippen molar-refractivity contribution >= 4 is 29.9 Å². The molecule has 2 atom stereocenters. The van der Waals surface area contributed by atoms with E-state index >= 15 is 0 Å². The van der Waals surface area contributed by atoms with E-state index in [2.05, 4.69) is 79.0 Å². The topological polar surface area (TPSA) is 51.9 Å². The van der Waals surface area contributed by atoms with Gasteiger partial charge in [0.05, 0.1) is 12.4 Å². The van der Waals surface area contributed by atoms with Crippen LogP contribution in [0.5, 0.6) is 0 Å². The predicted octanol–water partition coefficient (Wildman–Crippen LogP) is 3.30. The molecule has 3 heterocycles. The summed E-state index contributed by atoms with van der Waals surface area (Å²) in [4.78, 5) is 16.2. The second-order valence-electron chi connectivity index (χ2n) is 9.44. The first-order chi connectivity index (χ1) is 15.6. The van der Waals surface area contributed by atoms with Gasteiger partial charge in [0, 0.05) is 58.7 Å². The second kappa shape index (κ2) is 12.7. The van der Waals surface area contributed by atoms with E-state index in [-0.39, 0.29) is 24.0 Å². The van der Waals surface area contributed by atoms with Crippen molar-refractivity contribution in [2.75, 3.05) is 53.4 Å². The maximum atomic E-state index is 4.57. The fourth-order valence-electron chi connectivity index (χ4n) is 4.89. The fraction of sp³-hybridized carbons (Fsp3) is 0.600. The molecule has 0 saturated carbocycles. The van der Waals surface area contributed by atoms with Crippen LogP contribution < -0.4 is 5.32 Å². The molecule has 1 aromatic heterocycles. The van der Waals surface area contributed by atoms with Crippen molar-refractivity contribution < 1.29 is 0 Å². The van der Waals surface area contributed by atoms with Gasteiger partial charge in [-0.2, -0.15) is 0 Å². The van der Waals surface area contributed by atoms with E-state index in [0.717, 1.165) is 51.6 Å². The minimum absolute atomic E-state index is 0. The van der Waals surface area contributed by atoms with Crippen molar-refractivity contribution in [3.8, 4) is 0 Å². The molecular formula is C25H40IN7. The Morgan fingerprint density at radius 2 is 1.88 bits per heavy atom. The average molecular weight is 566 g/mol. The van der Waals surface area contributed by atoms with E-state index < -0.39 is 0 Å². The number of nitrogens with zero attached hydrogens (tertiary/aromatic N) is 6. The third-order valence-electron chi connectivity index (χ3n) is 7.03. The van der Waals surface area contributed by atoms with Crippen molar-refractivity contribution in [2.45, 2.75) is 38.9 Å². The summed E-state index contributed by atoms with van der Waals surface area (Å²) in [5.41, 5.74) is 2.69. The van der Waals surface area contributed by atoms with Gasteiger partial charge >= 0.3 is 0 Å². The molecule has 1 N–H and O–H groups in total. The number of imidazole rings is 1. The molecule has 8 heteroatoms. The Morgan fingerprint density at radius 1 is 1.09 bits per heavy atom. The lowest BCUT2D eigenvalue weighted by atomic mass is 9.93. The van der Waals surface area contributed by atoms with E-state index in [1.807, 2.05) is 19.6 Å². The van der Waals surface area contributed by atoms with Crippen LogP contribution in [-0.2, 0) is 13.1 Å².